The van der Waals surface area contributed by atoms with Gasteiger partial charge in [0.25, 0.3) is 0 Å². The summed E-state index contributed by atoms with van der Waals surface area (Å²) in [5, 5.41) is 10.2. The molecule has 8 nitrogen and oxygen atoms in total. The smallest absolute Gasteiger partial charge is 0.248 e. The maximum atomic E-state index is 12.5. The van der Waals surface area contributed by atoms with Gasteiger partial charge in [-0.15, -0.1) is 0 Å². The van der Waals surface area contributed by atoms with E-state index in [-0.39, 0.29) is 0 Å². The molecular weight excluding hydrogens is 556 g/mol. The minimum absolute atomic E-state index is 0.403. The van der Waals surface area contributed by atoms with Crippen LogP contribution < -0.4 is 21.1 Å². The van der Waals surface area contributed by atoms with Gasteiger partial charge in [0, 0.05) is 76.6 Å². The summed E-state index contributed by atoms with van der Waals surface area (Å²) in [7, 11) is -1.14. The minimum atomic E-state index is -1.14. The number of nitrogens with two attached hydrogens (primary N) is 1. The van der Waals surface area contributed by atoms with E-state index in [0.29, 0.717) is 55.3 Å². The lowest BCUT2D eigenvalue weighted by Crippen LogP contribution is -2.29. The van der Waals surface area contributed by atoms with Gasteiger partial charge in [0.15, 0.2) is 0 Å². The van der Waals surface area contributed by atoms with Gasteiger partial charge in [-0.1, -0.05) is 60.1 Å². The summed E-state index contributed by atoms with van der Waals surface area (Å²) in [5.41, 5.74) is 9.72. The Hall–Kier alpha value is -3.89. The quantitative estimate of drug-likeness (QED) is 0.113. The van der Waals surface area contributed by atoms with Crippen molar-refractivity contribution in [3.63, 3.8) is 0 Å². The maximum absolute atomic E-state index is 12.5. The Kier molecular flexibility index (Phi) is 9.53. The number of benzene rings is 3. The fraction of sp³-hybridized carbons (Fsp3) is 0.194. The fourth-order valence-electron chi connectivity index (χ4n) is 4.62. The lowest BCUT2D eigenvalue weighted by Gasteiger charge is -2.12. The highest BCUT2D eigenvalue weighted by molar-refractivity contribution is 7.83. The number of anilines is 1. The largest absolute Gasteiger partial charge is 0.370 e. The molecule has 5 rings (SSSR count). The molecule has 0 aliphatic rings. The highest BCUT2D eigenvalue weighted by Gasteiger charge is 2.11. The Balaban J connectivity index is 1.06. The van der Waals surface area contributed by atoms with Crippen molar-refractivity contribution in [2.45, 2.75) is 13.0 Å². The first kappa shape index (κ1) is 28.6. The van der Waals surface area contributed by atoms with E-state index in [4.69, 9.17) is 22.3 Å². The third kappa shape index (κ3) is 7.25. The molecular formula is C31H31ClN6O2S. The number of halogens is 1. The molecule has 0 saturated heterocycles. The standard InChI is InChI=1S/C31H31ClN6O2S/c32-28-17-21(7-9-24(28)22-5-2-1-3-6-22)19-35-14-15-37-41(40)16-4-12-36-31-26-11-13-34-20-27(26)25-10-8-23(30(33)39)18-29(25)38-31/h1-3,5-11,13,17-18,20,35,37H,4,12,14-16,19H2,(H2,33,39)(H,36,38). The zero-order valence-corrected chi connectivity index (χ0v) is 24.0. The maximum Gasteiger partial charge on any atom is 0.248 e. The van der Waals surface area contributed by atoms with Gasteiger partial charge in [0.1, 0.15) is 5.82 Å². The van der Waals surface area contributed by atoms with Crippen molar-refractivity contribution in [1.82, 2.24) is 20.0 Å². The Morgan fingerprint density at radius 2 is 1.78 bits per heavy atom. The molecule has 0 fully saturated rings. The van der Waals surface area contributed by atoms with Crippen LogP contribution in [0.3, 0.4) is 0 Å². The second kappa shape index (κ2) is 13.6. The van der Waals surface area contributed by atoms with Crippen LogP contribution in [-0.2, 0) is 17.5 Å². The Bertz CT molecular complexity index is 1700. The average Bonchev–Trinajstić information content (AvgIpc) is 2.99. The third-order valence-electron chi connectivity index (χ3n) is 6.69. The van der Waals surface area contributed by atoms with Gasteiger partial charge in [-0.2, -0.15) is 0 Å². The number of pyridine rings is 2. The molecule has 1 amide bonds. The predicted molar refractivity (Wildman–Crippen MR) is 168 cm³/mol. The van der Waals surface area contributed by atoms with Crippen molar-refractivity contribution in [2.75, 3.05) is 30.7 Å². The molecule has 210 valence electrons. The number of nitrogens with one attached hydrogen (secondary N) is 3. The lowest BCUT2D eigenvalue weighted by atomic mass is 10.0. The van der Waals surface area contributed by atoms with Crippen LogP contribution >= 0.6 is 11.6 Å². The molecule has 1 unspecified atom stereocenters. The zero-order chi connectivity index (χ0) is 28.6. The SMILES string of the molecule is NC(=O)c1ccc2c(c1)nc(NCCCS(=O)NCCNCc1ccc(-c3ccccc3)c(Cl)c1)c1ccncc12. The molecule has 41 heavy (non-hydrogen) atoms. The Labute approximate surface area is 246 Å². The van der Waals surface area contributed by atoms with E-state index in [0.717, 1.165) is 37.9 Å². The van der Waals surface area contributed by atoms with Crippen LogP contribution in [0.25, 0.3) is 32.8 Å². The van der Waals surface area contributed by atoms with Gasteiger partial charge in [0.05, 0.1) is 16.5 Å². The Morgan fingerprint density at radius 3 is 2.59 bits per heavy atom. The molecule has 10 heteroatoms. The number of carbonyl (C=O) groups excluding carboxylic acids is 1. The van der Waals surface area contributed by atoms with Crippen molar-refractivity contribution in [2.24, 2.45) is 5.73 Å². The highest BCUT2D eigenvalue weighted by Crippen LogP contribution is 2.30. The van der Waals surface area contributed by atoms with E-state index < -0.39 is 16.9 Å². The number of amides is 1. The predicted octanol–water partition coefficient (Wildman–Crippen LogP) is 5.05. The van der Waals surface area contributed by atoms with Crippen molar-refractivity contribution in [3.05, 3.63) is 101 Å². The molecule has 2 heterocycles. The van der Waals surface area contributed by atoms with Crippen LogP contribution in [0.5, 0.6) is 0 Å². The van der Waals surface area contributed by atoms with Crippen molar-refractivity contribution in [3.8, 4) is 11.1 Å². The summed E-state index contributed by atoms with van der Waals surface area (Å²) < 4.78 is 15.5. The molecule has 1 atom stereocenters. The van der Waals surface area contributed by atoms with Gasteiger partial charge in [0.2, 0.25) is 5.91 Å². The van der Waals surface area contributed by atoms with Crippen LogP contribution in [0.1, 0.15) is 22.3 Å². The van der Waals surface area contributed by atoms with Gasteiger partial charge < -0.3 is 16.4 Å². The van der Waals surface area contributed by atoms with E-state index in [9.17, 15) is 9.00 Å². The third-order valence-corrected chi connectivity index (χ3v) is 8.19. The van der Waals surface area contributed by atoms with E-state index >= 15 is 0 Å². The summed E-state index contributed by atoms with van der Waals surface area (Å²) in [4.78, 5) is 20.6. The normalized spacial score (nSPS) is 12.0. The van der Waals surface area contributed by atoms with Crippen LogP contribution in [0, 0.1) is 0 Å². The van der Waals surface area contributed by atoms with Crippen molar-refractivity contribution >= 4 is 56.0 Å². The summed E-state index contributed by atoms with van der Waals surface area (Å²) in [6, 6.07) is 23.3. The number of fused-ring (bicyclic) bond motifs is 3. The first-order valence-electron chi connectivity index (χ1n) is 13.4. The average molecular weight is 587 g/mol. The molecule has 0 radical (unpaired) electrons. The second-order valence-corrected chi connectivity index (χ2v) is 11.4. The number of carbonyl (C=O) groups is 1. The van der Waals surface area contributed by atoms with E-state index in [1.54, 1.807) is 24.5 Å². The highest BCUT2D eigenvalue weighted by atomic mass is 35.5. The number of hydrogen-bond donors (Lipinski definition) is 4. The van der Waals surface area contributed by atoms with E-state index in [2.05, 4.69) is 26.4 Å². The van der Waals surface area contributed by atoms with E-state index in [1.807, 2.05) is 54.6 Å². The van der Waals surface area contributed by atoms with Crippen LogP contribution in [-0.4, -0.2) is 45.5 Å². The molecule has 0 spiro atoms. The summed E-state index contributed by atoms with van der Waals surface area (Å²) >= 11 is 6.51. The van der Waals surface area contributed by atoms with Crippen molar-refractivity contribution < 1.29 is 9.00 Å². The molecule has 3 aromatic carbocycles. The first-order chi connectivity index (χ1) is 20.0. The topological polar surface area (TPSA) is 122 Å². The number of rotatable bonds is 13. The summed E-state index contributed by atoms with van der Waals surface area (Å²) in [6.07, 6.45) is 4.20. The molecule has 5 aromatic rings. The molecule has 2 aromatic heterocycles. The van der Waals surface area contributed by atoms with Crippen LogP contribution in [0.2, 0.25) is 5.02 Å². The molecule has 0 bridgehead atoms. The summed E-state index contributed by atoms with van der Waals surface area (Å²) in [6.45, 7) is 2.53. The van der Waals surface area contributed by atoms with Gasteiger partial charge in [-0.25, -0.2) is 13.9 Å². The zero-order valence-electron chi connectivity index (χ0n) is 22.4. The molecule has 0 aliphatic heterocycles. The lowest BCUT2D eigenvalue weighted by molar-refractivity contribution is 0.100. The van der Waals surface area contributed by atoms with Gasteiger partial charge >= 0.3 is 0 Å². The van der Waals surface area contributed by atoms with Crippen molar-refractivity contribution in [1.29, 1.82) is 0 Å². The van der Waals surface area contributed by atoms with Crippen LogP contribution in [0.4, 0.5) is 5.82 Å². The van der Waals surface area contributed by atoms with Gasteiger partial charge in [-0.3, -0.25) is 9.78 Å². The molecule has 5 N–H and O–H groups in total. The second-order valence-electron chi connectivity index (χ2n) is 9.56. The Morgan fingerprint density at radius 1 is 0.927 bits per heavy atom. The summed E-state index contributed by atoms with van der Waals surface area (Å²) in [5.74, 6) is 0.695. The number of hydrogen-bond acceptors (Lipinski definition) is 6. The monoisotopic (exact) mass is 586 g/mol. The molecule has 0 aliphatic carbocycles. The first-order valence-corrected chi connectivity index (χ1v) is 15.1. The minimum Gasteiger partial charge on any atom is -0.370 e. The van der Waals surface area contributed by atoms with Gasteiger partial charge in [-0.05, 0) is 41.8 Å². The van der Waals surface area contributed by atoms with E-state index in [1.165, 1.54) is 0 Å². The number of primary amides is 1. The molecule has 0 saturated carbocycles. The number of nitrogens with zero attached hydrogens (tertiary/aromatic N) is 2. The fourth-order valence-corrected chi connectivity index (χ4v) is 5.82. The number of aromatic nitrogens is 2. The van der Waals surface area contributed by atoms with Crippen LogP contribution in [0.15, 0.2) is 85.2 Å².